The Balaban J connectivity index is 1.36. The Morgan fingerprint density at radius 1 is 1.07 bits per heavy atom. The largest absolute Gasteiger partial charge is 0.294 e. The van der Waals surface area contributed by atoms with Crippen LogP contribution in [0.25, 0.3) is 21.5 Å². The summed E-state index contributed by atoms with van der Waals surface area (Å²) >= 11 is 7.81. The Morgan fingerprint density at radius 2 is 1.93 bits per heavy atom. The molecule has 0 saturated heterocycles. The number of fused-ring (bicyclic) bond motifs is 2. The van der Waals surface area contributed by atoms with Gasteiger partial charge in [0.25, 0.3) is 0 Å². The number of hydrogen-bond acceptors (Lipinski definition) is 4. The summed E-state index contributed by atoms with van der Waals surface area (Å²) in [5.41, 5.74) is 4.83. The van der Waals surface area contributed by atoms with Crippen molar-refractivity contribution in [3.05, 3.63) is 82.0 Å². The van der Waals surface area contributed by atoms with Crippen molar-refractivity contribution in [3.8, 4) is 11.4 Å². The van der Waals surface area contributed by atoms with Crippen LogP contribution in [-0.2, 0) is 19.5 Å². The molecule has 27 heavy (non-hydrogen) atoms. The van der Waals surface area contributed by atoms with Crippen molar-refractivity contribution in [1.82, 2.24) is 14.9 Å². The molecule has 1 aliphatic heterocycles. The first-order valence-electron chi connectivity index (χ1n) is 9.04. The second-order valence-corrected chi connectivity index (χ2v) is 8.24. The molecule has 4 aromatic rings. The predicted molar refractivity (Wildman–Crippen MR) is 112 cm³/mol. The summed E-state index contributed by atoms with van der Waals surface area (Å²) in [4.78, 5) is 11.9. The van der Waals surface area contributed by atoms with E-state index in [-0.39, 0.29) is 0 Å². The van der Waals surface area contributed by atoms with Gasteiger partial charge in [0.05, 0.1) is 5.69 Å². The number of rotatable bonds is 3. The number of aromatic nitrogens is 2. The molecule has 0 unspecified atom stereocenters. The SMILES string of the molecule is Clc1ccc(-c2ncc3c(n2)CCN(Cc2csc4ccccc24)C3)cc1. The Bertz CT molecular complexity index is 1100. The van der Waals surface area contributed by atoms with Crippen LogP contribution in [0.4, 0.5) is 0 Å². The molecule has 134 valence electrons. The van der Waals surface area contributed by atoms with Crippen molar-refractivity contribution in [2.24, 2.45) is 0 Å². The first kappa shape index (κ1) is 16.9. The molecule has 0 radical (unpaired) electrons. The Kier molecular flexibility index (Phi) is 4.40. The van der Waals surface area contributed by atoms with Gasteiger partial charge < -0.3 is 0 Å². The second kappa shape index (κ2) is 7.04. The fourth-order valence-electron chi connectivity index (χ4n) is 3.64. The maximum atomic E-state index is 5.98. The summed E-state index contributed by atoms with van der Waals surface area (Å²) in [7, 11) is 0. The van der Waals surface area contributed by atoms with Gasteiger partial charge in [0.1, 0.15) is 0 Å². The lowest BCUT2D eigenvalue weighted by Gasteiger charge is -2.28. The predicted octanol–water partition coefficient (Wildman–Crippen LogP) is 5.57. The summed E-state index contributed by atoms with van der Waals surface area (Å²) < 4.78 is 1.36. The molecule has 0 fully saturated rings. The van der Waals surface area contributed by atoms with E-state index in [1.165, 1.54) is 26.9 Å². The zero-order chi connectivity index (χ0) is 18.2. The number of nitrogens with zero attached hydrogens (tertiary/aromatic N) is 3. The Labute approximate surface area is 167 Å². The average molecular weight is 392 g/mol. The lowest BCUT2D eigenvalue weighted by Crippen LogP contribution is -2.30. The highest BCUT2D eigenvalue weighted by atomic mass is 35.5. The topological polar surface area (TPSA) is 29.0 Å². The summed E-state index contributed by atoms with van der Waals surface area (Å²) in [5.74, 6) is 0.780. The Hall–Kier alpha value is -2.27. The minimum atomic E-state index is 0.730. The van der Waals surface area contributed by atoms with Crippen LogP contribution >= 0.6 is 22.9 Å². The molecule has 0 N–H and O–H groups in total. The molecule has 0 saturated carbocycles. The van der Waals surface area contributed by atoms with Gasteiger partial charge in [0, 0.05) is 53.1 Å². The zero-order valence-electron chi connectivity index (χ0n) is 14.7. The fraction of sp³-hybridized carbons (Fsp3) is 0.182. The number of thiophene rings is 1. The van der Waals surface area contributed by atoms with E-state index in [2.05, 4.69) is 39.5 Å². The first-order valence-corrected chi connectivity index (χ1v) is 10.3. The molecule has 3 nitrogen and oxygen atoms in total. The van der Waals surface area contributed by atoms with E-state index in [1.54, 1.807) is 0 Å². The van der Waals surface area contributed by atoms with Crippen LogP contribution in [0.15, 0.2) is 60.1 Å². The minimum absolute atomic E-state index is 0.730. The molecule has 0 bridgehead atoms. The molecular weight excluding hydrogens is 374 g/mol. The lowest BCUT2D eigenvalue weighted by atomic mass is 10.1. The van der Waals surface area contributed by atoms with E-state index in [1.807, 2.05) is 41.8 Å². The van der Waals surface area contributed by atoms with Crippen molar-refractivity contribution in [1.29, 1.82) is 0 Å². The lowest BCUT2D eigenvalue weighted by molar-refractivity contribution is 0.244. The smallest absolute Gasteiger partial charge is 0.159 e. The quantitative estimate of drug-likeness (QED) is 0.457. The fourth-order valence-corrected chi connectivity index (χ4v) is 4.72. The van der Waals surface area contributed by atoms with E-state index >= 15 is 0 Å². The standard InChI is InChI=1S/C22H18ClN3S/c23-18-7-5-15(6-8-18)22-24-11-16-12-26(10-9-20(16)25-22)13-17-14-27-21-4-2-1-3-19(17)21/h1-8,11,14H,9-10,12-13H2. The van der Waals surface area contributed by atoms with Crippen molar-refractivity contribution >= 4 is 33.0 Å². The van der Waals surface area contributed by atoms with Crippen LogP contribution in [0.1, 0.15) is 16.8 Å². The van der Waals surface area contributed by atoms with Crippen LogP contribution in [0.2, 0.25) is 5.02 Å². The summed E-state index contributed by atoms with van der Waals surface area (Å²) in [6, 6.07) is 16.4. The molecule has 1 aliphatic rings. The van der Waals surface area contributed by atoms with Crippen LogP contribution < -0.4 is 0 Å². The molecule has 5 heteroatoms. The monoisotopic (exact) mass is 391 g/mol. The number of benzene rings is 2. The van der Waals surface area contributed by atoms with Gasteiger partial charge in [-0.25, -0.2) is 9.97 Å². The van der Waals surface area contributed by atoms with Crippen molar-refractivity contribution < 1.29 is 0 Å². The highest BCUT2D eigenvalue weighted by Gasteiger charge is 2.20. The molecule has 5 rings (SSSR count). The highest BCUT2D eigenvalue weighted by molar-refractivity contribution is 7.17. The first-order chi connectivity index (χ1) is 13.3. The summed E-state index contributed by atoms with van der Waals surface area (Å²) in [6.45, 7) is 2.90. The van der Waals surface area contributed by atoms with Crippen LogP contribution in [-0.4, -0.2) is 21.4 Å². The molecule has 0 aliphatic carbocycles. The van der Waals surface area contributed by atoms with Gasteiger partial charge in [-0.2, -0.15) is 0 Å². The van der Waals surface area contributed by atoms with Crippen molar-refractivity contribution in [2.75, 3.05) is 6.54 Å². The maximum absolute atomic E-state index is 5.98. The summed E-state index contributed by atoms with van der Waals surface area (Å²) in [5, 5.41) is 4.40. The minimum Gasteiger partial charge on any atom is -0.294 e. The van der Waals surface area contributed by atoms with Gasteiger partial charge in [0.2, 0.25) is 0 Å². The van der Waals surface area contributed by atoms with Crippen molar-refractivity contribution in [2.45, 2.75) is 19.5 Å². The van der Waals surface area contributed by atoms with E-state index < -0.39 is 0 Å². The van der Waals surface area contributed by atoms with Gasteiger partial charge in [-0.3, -0.25) is 4.90 Å². The van der Waals surface area contributed by atoms with Crippen LogP contribution in [0.3, 0.4) is 0 Å². The third-order valence-corrected chi connectivity index (χ3v) is 6.33. The molecule has 2 aromatic heterocycles. The third-order valence-electron chi connectivity index (χ3n) is 5.07. The van der Waals surface area contributed by atoms with Gasteiger partial charge in [0.15, 0.2) is 5.82 Å². The van der Waals surface area contributed by atoms with E-state index in [4.69, 9.17) is 16.6 Å². The van der Waals surface area contributed by atoms with Crippen LogP contribution in [0, 0.1) is 0 Å². The van der Waals surface area contributed by atoms with Gasteiger partial charge in [-0.1, -0.05) is 29.8 Å². The van der Waals surface area contributed by atoms with Crippen LogP contribution in [0.5, 0.6) is 0 Å². The molecule has 2 aromatic carbocycles. The molecule has 0 amide bonds. The molecule has 3 heterocycles. The molecule has 0 spiro atoms. The van der Waals surface area contributed by atoms with Gasteiger partial charge in [-0.05, 0) is 46.7 Å². The third kappa shape index (κ3) is 3.36. The van der Waals surface area contributed by atoms with Crippen molar-refractivity contribution in [3.63, 3.8) is 0 Å². The highest BCUT2D eigenvalue weighted by Crippen LogP contribution is 2.28. The zero-order valence-corrected chi connectivity index (χ0v) is 16.3. The number of halogens is 1. The summed E-state index contributed by atoms with van der Waals surface area (Å²) in [6.07, 6.45) is 2.95. The normalized spacial score (nSPS) is 14.4. The van der Waals surface area contributed by atoms with Gasteiger partial charge >= 0.3 is 0 Å². The van der Waals surface area contributed by atoms with E-state index in [0.29, 0.717) is 0 Å². The molecular formula is C22H18ClN3S. The van der Waals surface area contributed by atoms with Gasteiger partial charge in [-0.15, -0.1) is 11.3 Å². The van der Waals surface area contributed by atoms with E-state index in [0.717, 1.165) is 42.5 Å². The Morgan fingerprint density at radius 3 is 2.81 bits per heavy atom. The van der Waals surface area contributed by atoms with E-state index in [9.17, 15) is 0 Å². The molecule has 0 atom stereocenters. The maximum Gasteiger partial charge on any atom is 0.159 e. The second-order valence-electron chi connectivity index (χ2n) is 6.89. The average Bonchev–Trinajstić information content (AvgIpc) is 3.11. The number of hydrogen-bond donors (Lipinski definition) is 0.